The SMILES string of the molecule is O=C(CCn1cnc2ccccc2c1=O)OCCCc1nc(-c2cccnc2)no1. The number of pyridine rings is 1. The lowest BCUT2D eigenvalue weighted by molar-refractivity contribution is -0.144. The van der Waals surface area contributed by atoms with E-state index in [1.54, 1.807) is 36.7 Å². The average Bonchev–Trinajstić information content (AvgIpc) is 3.26. The van der Waals surface area contributed by atoms with Crippen LogP contribution in [0.25, 0.3) is 22.3 Å². The van der Waals surface area contributed by atoms with Crippen LogP contribution in [0.1, 0.15) is 18.7 Å². The molecule has 1 aromatic carbocycles. The van der Waals surface area contributed by atoms with Crippen LogP contribution in [0.2, 0.25) is 0 Å². The summed E-state index contributed by atoms with van der Waals surface area (Å²) in [6.07, 6.45) is 5.92. The van der Waals surface area contributed by atoms with E-state index in [0.29, 0.717) is 35.5 Å². The van der Waals surface area contributed by atoms with Gasteiger partial charge in [0.2, 0.25) is 11.7 Å². The zero-order valence-corrected chi connectivity index (χ0v) is 16.1. The van der Waals surface area contributed by atoms with Crippen molar-refractivity contribution in [3.8, 4) is 11.4 Å². The van der Waals surface area contributed by atoms with Crippen LogP contribution in [0.4, 0.5) is 0 Å². The molecule has 0 spiro atoms. The van der Waals surface area contributed by atoms with Gasteiger partial charge in [0.1, 0.15) is 0 Å². The summed E-state index contributed by atoms with van der Waals surface area (Å²) < 4.78 is 11.9. The van der Waals surface area contributed by atoms with Crippen molar-refractivity contribution in [3.05, 3.63) is 71.4 Å². The summed E-state index contributed by atoms with van der Waals surface area (Å²) in [6, 6.07) is 10.7. The maximum absolute atomic E-state index is 12.4. The summed E-state index contributed by atoms with van der Waals surface area (Å²) >= 11 is 0. The lowest BCUT2D eigenvalue weighted by Gasteiger charge is -2.07. The molecule has 9 nitrogen and oxygen atoms in total. The molecule has 9 heteroatoms. The minimum absolute atomic E-state index is 0.0889. The Morgan fingerprint density at radius 1 is 1.17 bits per heavy atom. The quantitative estimate of drug-likeness (QED) is 0.324. The van der Waals surface area contributed by atoms with Crippen LogP contribution in [0.5, 0.6) is 0 Å². The summed E-state index contributed by atoms with van der Waals surface area (Å²) in [5.41, 5.74) is 1.24. The minimum atomic E-state index is -0.378. The molecule has 3 aromatic heterocycles. The Bertz CT molecular complexity index is 1200. The van der Waals surface area contributed by atoms with Crippen molar-refractivity contribution in [2.75, 3.05) is 6.61 Å². The van der Waals surface area contributed by atoms with Gasteiger partial charge in [-0.05, 0) is 30.7 Å². The number of carbonyl (C=O) groups excluding carboxylic acids is 1. The predicted octanol–water partition coefficient (Wildman–Crippen LogP) is 2.41. The van der Waals surface area contributed by atoms with Gasteiger partial charge in [-0.2, -0.15) is 4.98 Å². The Balaban J connectivity index is 1.22. The number of para-hydroxylation sites is 1. The van der Waals surface area contributed by atoms with Crippen molar-refractivity contribution in [2.45, 2.75) is 25.8 Å². The molecular formula is C21H19N5O4. The highest BCUT2D eigenvalue weighted by atomic mass is 16.5. The van der Waals surface area contributed by atoms with Gasteiger partial charge in [-0.1, -0.05) is 17.3 Å². The number of aryl methyl sites for hydroxylation is 2. The predicted molar refractivity (Wildman–Crippen MR) is 107 cm³/mol. The number of hydrogen-bond acceptors (Lipinski definition) is 8. The van der Waals surface area contributed by atoms with Crippen LogP contribution in [-0.4, -0.2) is 37.3 Å². The molecule has 0 unspecified atom stereocenters. The first-order valence-corrected chi connectivity index (χ1v) is 9.53. The fourth-order valence-corrected chi connectivity index (χ4v) is 2.93. The molecule has 30 heavy (non-hydrogen) atoms. The van der Waals surface area contributed by atoms with E-state index < -0.39 is 0 Å². The van der Waals surface area contributed by atoms with E-state index in [1.165, 1.54) is 10.9 Å². The van der Waals surface area contributed by atoms with Crippen LogP contribution >= 0.6 is 0 Å². The maximum atomic E-state index is 12.4. The molecule has 4 rings (SSSR count). The van der Waals surface area contributed by atoms with Gasteiger partial charge < -0.3 is 9.26 Å². The summed E-state index contributed by atoms with van der Waals surface area (Å²) in [6.45, 7) is 0.446. The van der Waals surface area contributed by atoms with Gasteiger partial charge in [0.25, 0.3) is 5.56 Å². The number of aromatic nitrogens is 5. The van der Waals surface area contributed by atoms with Crippen LogP contribution in [-0.2, 0) is 22.5 Å². The summed E-state index contributed by atoms with van der Waals surface area (Å²) in [5, 5.41) is 4.45. The first-order valence-electron chi connectivity index (χ1n) is 9.53. The average molecular weight is 405 g/mol. The molecule has 4 aromatic rings. The third-order valence-corrected chi connectivity index (χ3v) is 4.47. The molecule has 0 aliphatic heterocycles. The number of esters is 1. The molecular weight excluding hydrogens is 386 g/mol. The van der Waals surface area contributed by atoms with E-state index in [0.717, 1.165) is 5.56 Å². The smallest absolute Gasteiger partial charge is 0.307 e. The van der Waals surface area contributed by atoms with Crippen LogP contribution in [0.3, 0.4) is 0 Å². The normalized spacial score (nSPS) is 10.9. The van der Waals surface area contributed by atoms with E-state index in [2.05, 4.69) is 20.1 Å². The zero-order chi connectivity index (χ0) is 20.8. The summed E-state index contributed by atoms with van der Waals surface area (Å²) in [4.78, 5) is 36.9. The van der Waals surface area contributed by atoms with Crippen LogP contribution in [0, 0.1) is 0 Å². The molecule has 0 atom stereocenters. The minimum Gasteiger partial charge on any atom is -0.466 e. The molecule has 0 aliphatic rings. The number of ether oxygens (including phenoxy) is 1. The Kier molecular flexibility index (Phi) is 5.88. The van der Waals surface area contributed by atoms with E-state index >= 15 is 0 Å². The number of nitrogens with zero attached hydrogens (tertiary/aromatic N) is 5. The second-order valence-corrected chi connectivity index (χ2v) is 6.59. The number of carbonyl (C=O) groups is 1. The van der Waals surface area contributed by atoms with Crippen molar-refractivity contribution < 1.29 is 14.1 Å². The van der Waals surface area contributed by atoms with Crippen molar-refractivity contribution in [2.24, 2.45) is 0 Å². The third-order valence-electron chi connectivity index (χ3n) is 4.47. The second-order valence-electron chi connectivity index (χ2n) is 6.59. The van der Waals surface area contributed by atoms with Gasteiger partial charge in [-0.15, -0.1) is 0 Å². The largest absolute Gasteiger partial charge is 0.466 e. The van der Waals surface area contributed by atoms with Crippen molar-refractivity contribution in [1.29, 1.82) is 0 Å². The summed E-state index contributed by atoms with van der Waals surface area (Å²) in [7, 11) is 0. The van der Waals surface area contributed by atoms with E-state index in [1.807, 2.05) is 12.1 Å². The van der Waals surface area contributed by atoms with E-state index in [4.69, 9.17) is 9.26 Å². The first-order chi connectivity index (χ1) is 14.7. The highest BCUT2D eigenvalue weighted by molar-refractivity contribution is 5.77. The van der Waals surface area contributed by atoms with E-state index in [9.17, 15) is 9.59 Å². The Morgan fingerprint density at radius 2 is 2.07 bits per heavy atom. The number of benzene rings is 1. The fraction of sp³-hybridized carbons (Fsp3) is 0.238. The Hall–Kier alpha value is -3.88. The van der Waals surface area contributed by atoms with Gasteiger partial charge in [0.15, 0.2) is 0 Å². The van der Waals surface area contributed by atoms with Gasteiger partial charge in [-0.25, -0.2) is 4.98 Å². The Labute approximate surface area is 171 Å². The van der Waals surface area contributed by atoms with Gasteiger partial charge in [0, 0.05) is 30.9 Å². The van der Waals surface area contributed by atoms with Gasteiger partial charge in [0.05, 0.1) is 30.3 Å². The second kappa shape index (κ2) is 9.08. The lowest BCUT2D eigenvalue weighted by Crippen LogP contribution is -2.22. The molecule has 3 heterocycles. The number of hydrogen-bond donors (Lipinski definition) is 0. The third kappa shape index (κ3) is 4.57. The molecule has 0 amide bonds. The first kappa shape index (κ1) is 19.4. The Morgan fingerprint density at radius 3 is 2.93 bits per heavy atom. The molecule has 0 aliphatic carbocycles. The van der Waals surface area contributed by atoms with Crippen LogP contribution < -0.4 is 5.56 Å². The highest BCUT2D eigenvalue weighted by Gasteiger charge is 2.10. The van der Waals surface area contributed by atoms with Crippen molar-refractivity contribution in [3.63, 3.8) is 0 Å². The topological polar surface area (TPSA) is 113 Å². The maximum Gasteiger partial charge on any atom is 0.307 e. The number of rotatable bonds is 8. The molecule has 0 fully saturated rings. The van der Waals surface area contributed by atoms with Crippen LogP contribution in [0.15, 0.2) is 64.4 Å². The highest BCUT2D eigenvalue weighted by Crippen LogP contribution is 2.14. The molecule has 0 N–H and O–H groups in total. The fourth-order valence-electron chi connectivity index (χ4n) is 2.93. The van der Waals surface area contributed by atoms with Gasteiger partial charge >= 0.3 is 5.97 Å². The molecule has 0 bridgehead atoms. The van der Waals surface area contributed by atoms with E-state index in [-0.39, 0.29) is 31.1 Å². The lowest BCUT2D eigenvalue weighted by atomic mass is 10.2. The molecule has 0 saturated carbocycles. The monoisotopic (exact) mass is 405 g/mol. The molecule has 152 valence electrons. The number of fused-ring (bicyclic) bond motifs is 1. The summed E-state index contributed by atoms with van der Waals surface area (Å²) in [5.74, 6) is 0.569. The van der Waals surface area contributed by atoms with Crippen molar-refractivity contribution >= 4 is 16.9 Å². The van der Waals surface area contributed by atoms with Gasteiger partial charge in [-0.3, -0.25) is 19.1 Å². The molecule has 0 saturated heterocycles. The zero-order valence-electron chi connectivity index (χ0n) is 16.1. The van der Waals surface area contributed by atoms with Crippen molar-refractivity contribution in [1.82, 2.24) is 24.7 Å². The molecule has 0 radical (unpaired) electrons. The standard InChI is InChI=1S/C21H19N5O4/c27-19(9-11-26-14-23-17-7-2-1-6-16(17)21(26)28)29-12-4-8-18-24-20(25-30-18)15-5-3-10-22-13-15/h1-3,5-7,10,13-14H,4,8-9,11-12H2.